The molecule has 3 heteroatoms. The Kier molecular flexibility index (Phi) is 4.18. The second-order valence-electron chi connectivity index (χ2n) is 5.11. The third kappa shape index (κ3) is 3.23. The van der Waals surface area contributed by atoms with Crippen molar-refractivity contribution in [2.75, 3.05) is 7.05 Å². The van der Waals surface area contributed by atoms with Gasteiger partial charge in [-0.15, -0.1) is 0 Å². The van der Waals surface area contributed by atoms with Gasteiger partial charge in [0.05, 0.1) is 0 Å². The standard InChI is InChI=1S/C17H18FNO/c1-12-7-8-16(13(2)9-12)17(20)19(3)11-14-5-4-6-15(18)10-14/h4-10H,11H2,1-3H3. The SMILES string of the molecule is Cc1ccc(C(=O)N(C)Cc2cccc(F)c2)c(C)c1. The van der Waals surface area contributed by atoms with Crippen molar-refractivity contribution in [3.05, 3.63) is 70.5 Å². The first kappa shape index (κ1) is 14.3. The van der Waals surface area contributed by atoms with E-state index in [4.69, 9.17) is 0 Å². The fourth-order valence-corrected chi connectivity index (χ4v) is 2.24. The van der Waals surface area contributed by atoms with E-state index in [1.807, 2.05) is 38.1 Å². The van der Waals surface area contributed by atoms with E-state index >= 15 is 0 Å². The van der Waals surface area contributed by atoms with Crippen LogP contribution >= 0.6 is 0 Å². The van der Waals surface area contributed by atoms with Gasteiger partial charge in [-0.1, -0.05) is 29.8 Å². The zero-order valence-corrected chi connectivity index (χ0v) is 12.0. The second-order valence-corrected chi connectivity index (χ2v) is 5.11. The molecule has 0 saturated heterocycles. The van der Waals surface area contributed by atoms with Gasteiger partial charge < -0.3 is 4.90 Å². The van der Waals surface area contributed by atoms with Gasteiger partial charge in [-0.2, -0.15) is 0 Å². The van der Waals surface area contributed by atoms with E-state index < -0.39 is 0 Å². The first-order valence-electron chi connectivity index (χ1n) is 6.54. The van der Waals surface area contributed by atoms with E-state index in [1.54, 1.807) is 18.0 Å². The lowest BCUT2D eigenvalue weighted by Crippen LogP contribution is -2.26. The molecule has 2 aromatic carbocycles. The predicted molar refractivity (Wildman–Crippen MR) is 78.1 cm³/mol. The van der Waals surface area contributed by atoms with Gasteiger partial charge in [0.1, 0.15) is 5.82 Å². The number of rotatable bonds is 3. The maximum absolute atomic E-state index is 13.1. The molecule has 0 saturated carbocycles. The van der Waals surface area contributed by atoms with Gasteiger partial charge >= 0.3 is 0 Å². The van der Waals surface area contributed by atoms with Crippen LogP contribution in [-0.4, -0.2) is 17.9 Å². The molecule has 0 heterocycles. The minimum absolute atomic E-state index is 0.0493. The maximum atomic E-state index is 13.1. The third-order valence-corrected chi connectivity index (χ3v) is 3.27. The van der Waals surface area contributed by atoms with Crippen LogP contribution in [0.4, 0.5) is 4.39 Å². The number of amides is 1. The van der Waals surface area contributed by atoms with Crippen molar-refractivity contribution >= 4 is 5.91 Å². The van der Waals surface area contributed by atoms with Crippen LogP contribution in [0.3, 0.4) is 0 Å². The Morgan fingerprint density at radius 2 is 1.90 bits per heavy atom. The van der Waals surface area contributed by atoms with Crippen molar-refractivity contribution in [3.8, 4) is 0 Å². The zero-order chi connectivity index (χ0) is 14.7. The fourth-order valence-electron chi connectivity index (χ4n) is 2.24. The van der Waals surface area contributed by atoms with Gasteiger partial charge in [0.15, 0.2) is 0 Å². The number of hydrogen-bond donors (Lipinski definition) is 0. The molecule has 0 N–H and O–H groups in total. The Labute approximate surface area is 118 Å². The van der Waals surface area contributed by atoms with Crippen molar-refractivity contribution in [1.29, 1.82) is 0 Å². The minimum Gasteiger partial charge on any atom is -0.337 e. The largest absolute Gasteiger partial charge is 0.337 e. The number of carbonyl (C=O) groups is 1. The lowest BCUT2D eigenvalue weighted by atomic mass is 10.0. The van der Waals surface area contributed by atoms with Crippen LogP contribution in [-0.2, 0) is 6.54 Å². The molecule has 0 fully saturated rings. The minimum atomic E-state index is -0.283. The van der Waals surface area contributed by atoms with E-state index in [0.29, 0.717) is 12.1 Å². The molecule has 0 aliphatic rings. The van der Waals surface area contributed by atoms with E-state index in [9.17, 15) is 9.18 Å². The average Bonchev–Trinajstić information content (AvgIpc) is 2.38. The van der Waals surface area contributed by atoms with Crippen LogP contribution in [0.2, 0.25) is 0 Å². The van der Waals surface area contributed by atoms with Crippen molar-refractivity contribution in [1.82, 2.24) is 4.90 Å². The number of nitrogens with zero attached hydrogens (tertiary/aromatic N) is 1. The molecule has 0 radical (unpaired) electrons. The van der Waals surface area contributed by atoms with Gasteiger partial charge in [0.25, 0.3) is 5.91 Å². The van der Waals surface area contributed by atoms with Crippen LogP contribution in [0.15, 0.2) is 42.5 Å². The Hall–Kier alpha value is -2.16. The fraction of sp³-hybridized carbons (Fsp3) is 0.235. The molecule has 0 unspecified atom stereocenters. The van der Waals surface area contributed by atoms with Crippen LogP contribution in [0.25, 0.3) is 0 Å². The summed E-state index contributed by atoms with van der Waals surface area (Å²) in [6.07, 6.45) is 0. The summed E-state index contributed by atoms with van der Waals surface area (Å²) in [7, 11) is 1.73. The van der Waals surface area contributed by atoms with Crippen molar-refractivity contribution in [2.24, 2.45) is 0 Å². The lowest BCUT2D eigenvalue weighted by Gasteiger charge is -2.18. The number of hydrogen-bond acceptors (Lipinski definition) is 1. The Balaban J connectivity index is 2.16. The zero-order valence-electron chi connectivity index (χ0n) is 12.0. The number of halogens is 1. The highest BCUT2D eigenvalue weighted by Crippen LogP contribution is 2.14. The number of benzene rings is 2. The molecule has 1 amide bonds. The van der Waals surface area contributed by atoms with E-state index in [2.05, 4.69) is 0 Å². The van der Waals surface area contributed by atoms with E-state index in [1.165, 1.54) is 12.1 Å². The summed E-state index contributed by atoms with van der Waals surface area (Å²) in [5.74, 6) is -0.332. The van der Waals surface area contributed by atoms with E-state index in [-0.39, 0.29) is 11.7 Å². The normalized spacial score (nSPS) is 10.4. The molecule has 0 aliphatic heterocycles. The highest BCUT2D eigenvalue weighted by atomic mass is 19.1. The molecule has 2 rings (SSSR count). The monoisotopic (exact) mass is 271 g/mol. The molecule has 0 aliphatic carbocycles. The first-order valence-corrected chi connectivity index (χ1v) is 6.54. The quantitative estimate of drug-likeness (QED) is 0.833. The first-order chi connectivity index (χ1) is 9.47. The predicted octanol–water partition coefficient (Wildman–Crippen LogP) is 3.71. The van der Waals surface area contributed by atoms with Crippen molar-refractivity contribution in [2.45, 2.75) is 20.4 Å². The molecular formula is C17H18FNO. The summed E-state index contributed by atoms with van der Waals surface area (Å²) in [5, 5.41) is 0. The highest BCUT2D eigenvalue weighted by molar-refractivity contribution is 5.95. The van der Waals surface area contributed by atoms with Crippen LogP contribution < -0.4 is 0 Å². The Bertz CT molecular complexity index is 637. The number of carbonyl (C=O) groups excluding carboxylic acids is 1. The van der Waals surface area contributed by atoms with Crippen LogP contribution in [0, 0.1) is 19.7 Å². The van der Waals surface area contributed by atoms with E-state index in [0.717, 1.165) is 16.7 Å². The summed E-state index contributed by atoms with van der Waals surface area (Å²) in [4.78, 5) is 14.0. The number of aryl methyl sites for hydroxylation is 2. The summed E-state index contributed by atoms with van der Waals surface area (Å²) < 4.78 is 13.1. The molecule has 104 valence electrons. The molecule has 0 atom stereocenters. The van der Waals surface area contributed by atoms with Crippen molar-refractivity contribution < 1.29 is 9.18 Å². The van der Waals surface area contributed by atoms with Gasteiger partial charge in [-0.3, -0.25) is 4.79 Å². The molecule has 2 aromatic rings. The molecule has 0 bridgehead atoms. The topological polar surface area (TPSA) is 20.3 Å². The Morgan fingerprint density at radius 3 is 2.55 bits per heavy atom. The molecule has 0 spiro atoms. The van der Waals surface area contributed by atoms with Gasteiger partial charge in [0.2, 0.25) is 0 Å². The molecule has 20 heavy (non-hydrogen) atoms. The average molecular weight is 271 g/mol. The maximum Gasteiger partial charge on any atom is 0.254 e. The van der Waals surface area contributed by atoms with Crippen LogP contribution in [0.1, 0.15) is 27.0 Å². The second kappa shape index (κ2) is 5.87. The Morgan fingerprint density at radius 1 is 1.15 bits per heavy atom. The third-order valence-electron chi connectivity index (χ3n) is 3.27. The van der Waals surface area contributed by atoms with Crippen molar-refractivity contribution in [3.63, 3.8) is 0 Å². The summed E-state index contributed by atoms with van der Waals surface area (Å²) in [6, 6.07) is 12.1. The highest BCUT2D eigenvalue weighted by Gasteiger charge is 2.14. The lowest BCUT2D eigenvalue weighted by molar-refractivity contribution is 0.0784. The summed E-state index contributed by atoms with van der Waals surface area (Å²) in [6.45, 7) is 4.32. The van der Waals surface area contributed by atoms with Crippen LogP contribution in [0.5, 0.6) is 0 Å². The van der Waals surface area contributed by atoms with Gasteiger partial charge in [-0.05, 0) is 43.2 Å². The smallest absolute Gasteiger partial charge is 0.254 e. The molecule has 2 nitrogen and oxygen atoms in total. The van der Waals surface area contributed by atoms with Gasteiger partial charge in [-0.25, -0.2) is 4.39 Å². The molecule has 0 aromatic heterocycles. The molecular weight excluding hydrogens is 253 g/mol. The van der Waals surface area contributed by atoms with Gasteiger partial charge in [0, 0.05) is 19.2 Å². The summed E-state index contributed by atoms with van der Waals surface area (Å²) in [5.41, 5.74) is 3.56. The summed E-state index contributed by atoms with van der Waals surface area (Å²) >= 11 is 0.